The lowest BCUT2D eigenvalue weighted by molar-refractivity contribution is 0.00167. The number of rotatable bonds is 3. The van der Waals surface area contributed by atoms with Gasteiger partial charge in [0.05, 0.1) is 0 Å². The number of aryl methyl sites for hydroxylation is 1. The Hall–Kier alpha value is -1.64. The highest BCUT2D eigenvalue weighted by Gasteiger charge is 2.21. The van der Waals surface area contributed by atoms with Gasteiger partial charge in [0.25, 0.3) is 0 Å². The van der Waals surface area contributed by atoms with Crippen molar-refractivity contribution in [3.05, 3.63) is 42.3 Å². The molecule has 0 aliphatic carbocycles. The molecule has 1 aromatic rings. The SMILES string of the molecule is C=C(OC(C)(C)C)N1CCN(c2ccc(C)cc2)CC1. The van der Waals surface area contributed by atoms with Crippen LogP contribution in [0.25, 0.3) is 0 Å². The maximum absolute atomic E-state index is 5.85. The van der Waals surface area contributed by atoms with Gasteiger partial charge in [0.1, 0.15) is 5.60 Å². The monoisotopic (exact) mass is 274 g/mol. The van der Waals surface area contributed by atoms with Crippen LogP contribution < -0.4 is 4.90 Å². The van der Waals surface area contributed by atoms with Crippen molar-refractivity contribution in [3.8, 4) is 0 Å². The average Bonchev–Trinajstić information content (AvgIpc) is 2.38. The molecule has 1 saturated heterocycles. The van der Waals surface area contributed by atoms with Crippen LogP contribution in [0.3, 0.4) is 0 Å². The molecule has 0 saturated carbocycles. The summed E-state index contributed by atoms with van der Waals surface area (Å²) in [7, 11) is 0. The van der Waals surface area contributed by atoms with Gasteiger partial charge in [-0.25, -0.2) is 0 Å². The first-order chi connectivity index (χ1) is 9.35. The molecule has 20 heavy (non-hydrogen) atoms. The summed E-state index contributed by atoms with van der Waals surface area (Å²) in [6, 6.07) is 8.74. The third-order valence-corrected chi connectivity index (χ3v) is 3.46. The van der Waals surface area contributed by atoms with Gasteiger partial charge in [-0.3, -0.25) is 0 Å². The predicted molar refractivity (Wildman–Crippen MR) is 84.9 cm³/mol. The lowest BCUT2D eigenvalue weighted by atomic mass is 10.2. The molecule has 1 aliphatic heterocycles. The smallest absolute Gasteiger partial charge is 0.182 e. The minimum atomic E-state index is -0.175. The normalized spacial score (nSPS) is 16.2. The molecule has 1 aromatic carbocycles. The second kappa shape index (κ2) is 5.78. The number of ether oxygens (including phenoxy) is 1. The molecular weight excluding hydrogens is 248 g/mol. The number of hydrogen-bond donors (Lipinski definition) is 0. The topological polar surface area (TPSA) is 15.7 Å². The summed E-state index contributed by atoms with van der Waals surface area (Å²) in [5, 5.41) is 0. The van der Waals surface area contributed by atoms with Crippen LogP contribution in [0.15, 0.2) is 36.7 Å². The minimum absolute atomic E-state index is 0.175. The summed E-state index contributed by atoms with van der Waals surface area (Å²) in [6.07, 6.45) is 0. The van der Waals surface area contributed by atoms with Crippen LogP contribution in [0, 0.1) is 6.92 Å². The van der Waals surface area contributed by atoms with E-state index in [1.807, 2.05) is 0 Å². The summed E-state index contributed by atoms with van der Waals surface area (Å²) in [4.78, 5) is 4.65. The van der Waals surface area contributed by atoms with E-state index in [0.29, 0.717) is 0 Å². The first kappa shape index (κ1) is 14.8. The largest absolute Gasteiger partial charge is 0.474 e. The van der Waals surface area contributed by atoms with Crippen LogP contribution in [0.4, 0.5) is 5.69 Å². The summed E-state index contributed by atoms with van der Waals surface area (Å²) in [6.45, 7) is 16.3. The van der Waals surface area contributed by atoms with Crippen molar-refractivity contribution >= 4 is 5.69 Å². The Bertz CT molecular complexity index is 451. The highest BCUT2D eigenvalue weighted by atomic mass is 16.5. The van der Waals surface area contributed by atoms with E-state index in [9.17, 15) is 0 Å². The van der Waals surface area contributed by atoms with E-state index in [0.717, 1.165) is 32.1 Å². The van der Waals surface area contributed by atoms with Crippen LogP contribution in [-0.4, -0.2) is 36.7 Å². The van der Waals surface area contributed by atoms with Crippen molar-refractivity contribution < 1.29 is 4.74 Å². The maximum Gasteiger partial charge on any atom is 0.182 e. The fourth-order valence-corrected chi connectivity index (χ4v) is 2.39. The molecule has 1 heterocycles. The number of hydrogen-bond acceptors (Lipinski definition) is 3. The van der Waals surface area contributed by atoms with Gasteiger partial charge in [-0.2, -0.15) is 0 Å². The standard InChI is InChI=1S/C17H26N2O/c1-14-6-8-16(9-7-14)19-12-10-18(11-13-19)15(2)20-17(3,4)5/h6-9H,2,10-13H2,1,3-5H3. The number of anilines is 1. The van der Waals surface area contributed by atoms with E-state index in [2.05, 4.69) is 68.3 Å². The molecule has 0 N–H and O–H groups in total. The van der Waals surface area contributed by atoms with Gasteiger partial charge in [-0.15, -0.1) is 0 Å². The van der Waals surface area contributed by atoms with E-state index < -0.39 is 0 Å². The Balaban J connectivity index is 1.89. The van der Waals surface area contributed by atoms with Gasteiger partial charge in [0.2, 0.25) is 0 Å². The van der Waals surface area contributed by atoms with Crippen LogP contribution in [0.1, 0.15) is 26.3 Å². The minimum Gasteiger partial charge on any atom is -0.474 e. The third kappa shape index (κ3) is 3.92. The molecule has 2 rings (SSSR count). The molecule has 110 valence electrons. The molecule has 0 spiro atoms. The zero-order valence-electron chi connectivity index (χ0n) is 13.1. The Morgan fingerprint density at radius 1 is 1.05 bits per heavy atom. The number of benzene rings is 1. The van der Waals surface area contributed by atoms with Crippen LogP contribution in [0.2, 0.25) is 0 Å². The molecule has 0 aromatic heterocycles. The van der Waals surface area contributed by atoms with Crippen molar-refractivity contribution in [2.24, 2.45) is 0 Å². The second-order valence-electron chi connectivity index (χ2n) is 6.42. The molecule has 1 fully saturated rings. The molecule has 3 nitrogen and oxygen atoms in total. The summed E-state index contributed by atoms with van der Waals surface area (Å²) < 4.78 is 5.85. The van der Waals surface area contributed by atoms with Gasteiger partial charge in [-0.1, -0.05) is 17.7 Å². The molecular formula is C17H26N2O. The van der Waals surface area contributed by atoms with E-state index in [1.165, 1.54) is 11.3 Å². The van der Waals surface area contributed by atoms with Crippen molar-refractivity contribution in [3.63, 3.8) is 0 Å². The van der Waals surface area contributed by atoms with Crippen molar-refractivity contribution in [1.29, 1.82) is 0 Å². The fraction of sp³-hybridized carbons (Fsp3) is 0.529. The zero-order valence-corrected chi connectivity index (χ0v) is 13.1. The summed E-state index contributed by atoms with van der Waals surface area (Å²) in [5.74, 6) is 0.793. The maximum atomic E-state index is 5.85. The Kier molecular flexibility index (Phi) is 4.26. The fourth-order valence-electron chi connectivity index (χ4n) is 2.39. The van der Waals surface area contributed by atoms with Crippen LogP contribution in [-0.2, 0) is 4.74 Å². The summed E-state index contributed by atoms with van der Waals surface area (Å²) >= 11 is 0. The first-order valence-electron chi connectivity index (χ1n) is 7.30. The van der Waals surface area contributed by atoms with E-state index in [1.54, 1.807) is 0 Å². The van der Waals surface area contributed by atoms with E-state index in [4.69, 9.17) is 4.74 Å². The van der Waals surface area contributed by atoms with Gasteiger partial charge in [0, 0.05) is 31.9 Å². The molecule has 0 bridgehead atoms. The molecule has 0 amide bonds. The van der Waals surface area contributed by atoms with E-state index >= 15 is 0 Å². The second-order valence-corrected chi connectivity index (χ2v) is 6.42. The number of nitrogens with zero attached hydrogens (tertiary/aromatic N) is 2. The van der Waals surface area contributed by atoms with Gasteiger partial charge in [-0.05, 0) is 46.4 Å². The zero-order chi connectivity index (χ0) is 14.8. The highest BCUT2D eigenvalue weighted by molar-refractivity contribution is 5.47. The lowest BCUT2D eigenvalue weighted by Gasteiger charge is -2.39. The lowest BCUT2D eigenvalue weighted by Crippen LogP contribution is -2.46. The van der Waals surface area contributed by atoms with E-state index in [-0.39, 0.29) is 5.60 Å². The van der Waals surface area contributed by atoms with Gasteiger partial charge >= 0.3 is 0 Å². The van der Waals surface area contributed by atoms with Crippen LogP contribution >= 0.6 is 0 Å². The highest BCUT2D eigenvalue weighted by Crippen LogP contribution is 2.20. The quantitative estimate of drug-likeness (QED) is 0.786. The Morgan fingerprint density at radius 2 is 1.60 bits per heavy atom. The molecule has 0 radical (unpaired) electrons. The molecule has 1 aliphatic rings. The average molecular weight is 274 g/mol. The summed E-state index contributed by atoms with van der Waals surface area (Å²) in [5.41, 5.74) is 2.43. The van der Waals surface area contributed by atoms with Gasteiger partial charge < -0.3 is 14.5 Å². The Labute approximate surface area is 122 Å². The Morgan fingerprint density at radius 3 is 2.10 bits per heavy atom. The van der Waals surface area contributed by atoms with Crippen LogP contribution in [0.5, 0.6) is 0 Å². The van der Waals surface area contributed by atoms with Crippen molar-refractivity contribution in [2.75, 3.05) is 31.1 Å². The molecule has 0 atom stereocenters. The van der Waals surface area contributed by atoms with Crippen molar-refractivity contribution in [2.45, 2.75) is 33.3 Å². The third-order valence-electron chi connectivity index (χ3n) is 3.46. The number of piperazine rings is 1. The molecule has 3 heteroatoms. The van der Waals surface area contributed by atoms with Crippen molar-refractivity contribution in [1.82, 2.24) is 4.90 Å². The van der Waals surface area contributed by atoms with Gasteiger partial charge in [0.15, 0.2) is 5.88 Å². The predicted octanol–water partition coefficient (Wildman–Crippen LogP) is 3.40. The molecule has 0 unspecified atom stereocenters. The first-order valence-corrected chi connectivity index (χ1v) is 7.30.